The highest BCUT2D eigenvalue weighted by Gasteiger charge is 2.14. The molecule has 0 atom stereocenters. The van der Waals surface area contributed by atoms with Crippen molar-refractivity contribution in [1.29, 1.82) is 0 Å². The van der Waals surface area contributed by atoms with Gasteiger partial charge in [0.15, 0.2) is 5.78 Å². The van der Waals surface area contributed by atoms with Crippen LogP contribution in [0.15, 0.2) is 42.1 Å². The number of amides is 1. The summed E-state index contributed by atoms with van der Waals surface area (Å²) in [6.07, 6.45) is 2.64. The molecule has 0 fully saturated rings. The number of hydrogen-bond donors (Lipinski definition) is 1. The Labute approximate surface area is 87.8 Å². The van der Waals surface area contributed by atoms with Crippen LogP contribution in [-0.2, 0) is 4.79 Å². The predicted octanol–water partition coefficient (Wildman–Crippen LogP) is 1.66. The van der Waals surface area contributed by atoms with Gasteiger partial charge in [0.2, 0.25) is 0 Å². The molecule has 0 heterocycles. The monoisotopic (exact) mass is 201 g/mol. The van der Waals surface area contributed by atoms with Crippen molar-refractivity contribution < 1.29 is 9.59 Å². The van der Waals surface area contributed by atoms with Gasteiger partial charge in [0, 0.05) is 23.8 Å². The van der Waals surface area contributed by atoms with Crippen molar-refractivity contribution in [2.24, 2.45) is 0 Å². The second-order valence-corrected chi connectivity index (χ2v) is 3.46. The number of carbonyl (C=O) groups is 2. The third-order valence-electron chi connectivity index (χ3n) is 2.29. The number of carbonyl (C=O) groups excluding carboxylic acids is 2. The van der Waals surface area contributed by atoms with E-state index < -0.39 is 0 Å². The fraction of sp³-hybridized carbons (Fsp3) is 0.167. The van der Waals surface area contributed by atoms with Gasteiger partial charge in [-0.05, 0) is 18.6 Å². The maximum absolute atomic E-state index is 11.6. The Hall–Kier alpha value is -1.90. The van der Waals surface area contributed by atoms with Gasteiger partial charge in [-0.3, -0.25) is 9.59 Å². The van der Waals surface area contributed by atoms with E-state index in [9.17, 15) is 9.59 Å². The normalized spacial score (nSPS) is 14.9. The molecule has 1 N–H and O–H groups in total. The Morgan fingerprint density at radius 1 is 1.13 bits per heavy atom. The molecule has 0 aromatic heterocycles. The van der Waals surface area contributed by atoms with Crippen molar-refractivity contribution in [3.05, 3.63) is 47.7 Å². The van der Waals surface area contributed by atoms with E-state index in [1.807, 2.05) is 18.2 Å². The van der Waals surface area contributed by atoms with Gasteiger partial charge >= 0.3 is 0 Å². The van der Waals surface area contributed by atoms with Crippen LogP contribution in [0.5, 0.6) is 0 Å². The molecule has 0 saturated heterocycles. The Bertz CT molecular complexity index is 421. The van der Waals surface area contributed by atoms with Crippen LogP contribution >= 0.6 is 0 Å². The topological polar surface area (TPSA) is 46.2 Å². The summed E-state index contributed by atoms with van der Waals surface area (Å²) in [5.41, 5.74) is 1.33. The van der Waals surface area contributed by atoms with Crippen molar-refractivity contribution in [3.63, 3.8) is 0 Å². The van der Waals surface area contributed by atoms with Gasteiger partial charge in [-0.25, -0.2) is 0 Å². The average Bonchev–Trinajstić information content (AvgIpc) is 2.65. The standard InChI is InChI=1S/C12H11NO2/c14-11-7-6-10(8-11)13-12(15)9-4-2-1-3-5-9/h1-5,8H,6-7H2,(H,13,15). The second kappa shape index (κ2) is 4.09. The highest BCUT2D eigenvalue weighted by atomic mass is 16.1. The van der Waals surface area contributed by atoms with Crippen molar-refractivity contribution in [3.8, 4) is 0 Å². The number of benzene rings is 1. The molecule has 1 aromatic rings. The molecule has 0 radical (unpaired) electrons. The van der Waals surface area contributed by atoms with E-state index in [1.165, 1.54) is 6.08 Å². The van der Waals surface area contributed by atoms with Gasteiger partial charge in [-0.15, -0.1) is 0 Å². The summed E-state index contributed by atoms with van der Waals surface area (Å²) in [5, 5.41) is 2.73. The van der Waals surface area contributed by atoms with Crippen molar-refractivity contribution in [1.82, 2.24) is 5.32 Å². The Balaban J connectivity index is 2.05. The molecule has 0 aliphatic heterocycles. The van der Waals surface area contributed by atoms with Gasteiger partial charge in [0.05, 0.1) is 0 Å². The Kier molecular flexibility index (Phi) is 2.63. The van der Waals surface area contributed by atoms with Crippen LogP contribution < -0.4 is 5.32 Å². The largest absolute Gasteiger partial charge is 0.326 e. The van der Waals surface area contributed by atoms with E-state index in [0.29, 0.717) is 24.1 Å². The van der Waals surface area contributed by atoms with Gasteiger partial charge in [-0.2, -0.15) is 0 Å². The molecule has 0 bridgehead atoms. The van der Waals surface area contributed by atoms with Crippen molar-refractivity contribution in [2.45, 2.75) is 12.8 Å². The Morgan fingerprint density at radius 3 is 2.47 bits per heavy atom. The second-order valence-electron chi connectivity index (χ2n) is 3.46. The molecule has 2 rings (SSSR count). The minimum atomic E-state index is -0.156. The summed E-state index contributed by atoms with van der Waals surface area (Å²) in [6.45, 7) is 0. The van der Waals surface area contributed by atoms with Crippen LogP contribution in [0.1, 0.15) is 23.2 Å². The van der Waals surface area contributed by atoms with E-state index in [1.54, 1.807) is 12.1 Å². The lowest BCUT2D eigenvalue weighted by atomic mass is 10.2. The molecule has 76 valence electrons. The zero-order valence-corrected chi connectivity index (χ0v) is 8.19. The van der Waals surface area contributed by atoms with E-state index in [-0.39, 0.29) is 11.7 Å². The van der Waals surface area contributed by atoms with Crippen molar-refractivity contribution >= 4 is 11.7 Å². The molecule has 1 aromatic carbocycles. The zero-order valence-electron chi connectivity index (χ0n) is 8.19. The van der Waals surface area contributed by atoms with Crippen LogP contribution in [0, 0.1) is 0 Å². The molecular weight excluding hydrogens is 190 g/mol. The smallest absolute Gasteiger partial charge is 0.255 e. The number of allylic oxidation sites excluding steroid dienone is 2. The number of hydrogen-bond acceptors (Lipinski definition) is 2. The first-order chi connectivity index (χ1) is 7.25. The van der Waals surface area contributed by atoms with Gasteiger partial charge in [-0.1, -0.05) is 18.2 Å². The maximum atomic E-state index is 11.6. The highest BCUT2D eigenvalue weighted by molar-refractivity contribution is 5.98. The molecule has 1 aliphatic rings. The van der Waals surface area contributed by atoms with Crippen LogP contribution in [0.4, 0.5) is 0 Å². The van der Waals surface area contributed by atoms with E-state index in [0.717, 1.165) is 0 Å². The number of nitrogens with one attached hydrogen (secondary N) is 1. The van der Waals surface area contributed by atoms with Crippen LogP contribution in [0.25, 0.3) is 0 Å². The lowest BCUT2D eigenvalue weighted by molar-refractivity contribution is -0.114. The lowest BCUT2D eigenvalue weighted by Gasteiger charge is -2.04. The van der Waals surface area contributed by atoms with Gasteiger partial charge < -0.3 is 5.32 Å². The lowest BCUT2D eigenvalue weighted by Crippen LogP contribution is -2.21. The van der Waals surface area contributed by atoms with E-state index in [4.69, 9.17) is 0 Å². The molecule has 0 saturated carbocycles. The maximum Gasteiger partial charge on any atom is 0.255 e. The molecule has 3 nitrogen and oxygen atoms in total. The van der Waals surface area contributed by atoms with Crippen LogP contribution in [0.2, 0.25) is 0 Å². The fourth-order valence-electron chi connectivity index (χ4n) is 1.50. The summed E-state index contributed by atoms with van der Waals surface area (Å²) >= 11 is 0. The van der Waals surface area contributed by atoms with E-state index in [2.05, 4.69) is 5.32 Å². The third kappa shape index (κ3) is 2.31. The Morgan fingerprint density at radius 2 is 1.87 bits per heavy atom. The molecule has 15 heavy (non-hydrogen) atoms. The minimum Gasteiger partial charge on any atom is -0.326 e. The average molecular weight is 201 g/mol. The summed E-state index contributed by atoms with van der Waals surface area (Å²) in [6, 6.07) is 8.96. The van der Waals surface area contributed by atoms with Crippen LogP contribution in [0.3, 0.4) is 0 Å². The predicted molar refractivity (Wildman–Crippen MR) is 56.2 cm³/mol. The summed E-state index contributed by atoms with van der Waals surface area (Å²) in [7, 11) is 0. The SMILES string of the molecule is O=C1C=C(NC(=O)c2ccccc2)CC1. The van der Waals surface area contributed by atoms with Gasteiger partial charge in [0.25, 0.3) is 5.91 Å². The van der Waals surface area contributed by atoms with E-state index >= 15 is 0 Å². The van der Waals surface area contributed by atoms with Crippen LogP contribution in [-0.4, -0.2) is 11.7 Å². The molecule has 1 aliphatic carbocycles. The highest BCUT2D eigenvalue weighted by Crippen LogP contribution is 2.12. The van der Waals surface area contributed by atoms with Crippen molar-refractivity contribution in [2.75, 3.05) is 0 Å². The summed E-state index contributed by atoms with van der Waals surface area (Å²) in [4.78, 5) is 22.6. The number of ketones is 1. The zero-order chi connectivity index (χ0) is 10.7. The molecule has 3 heteroatoms. The first-order valence-corrected chi connectivity index (χ1v) is 4.85. The summed E-state index contributed by atoms with van der Waals surface area (Å²) < 4.78 is 0. The van der Waals surface area contributed by atoms with Gasteiger partial charge in [0.1, 0.15) is 0 Å². The quantitative estimate of drug-likeness (QED) is 0.791. The molecule has 1 amide bonds. The first kappa shape index (κ1) is 9.65. The molecule has 0 unspecified atom stereocenters. The minimum absolute atomic E-state index is 0.0818. The molecular formula is C12H11NO2. The molecule has 0 spiro atoms. The summed E-state index contributed by atoms with van der Waals surface area (Å²) in [5.74, 6) is -0.0742. The number of rotatable bonds is 2. The fourth-order valence-corrected chi connectivity index (χ4v) is 1.50. The third-order valence-corrected chi connectivity index (χ3v) is 2.29. The first-order valence-electron chi connectivity index (χ1n) is 4.85.